The smallest absolute Gasteiger partial charge is 0.237 e. The number of carbonyl (C=O) groups excluding carboxylic acids is 1. The van der Waals surface area contributed by atoms with Crippen LogP contribution in [0.15, 0.2) is 41.6 Å². The van der Waals surface area contributed by atoms with Crippen molar-refractivity contribution in [3.05, 3.63) is 58.9 Å². The lowest BCUT2D eigenvalue weighted by atomic mass is 10.1. The lowest BCUT2D eigenvalue weighted by Crippen LogP contribution is -2.24. The van der Waals surface area contributed by atoms with E-state index in [9.17, 15) is 9.18 Å². The van der Waals surface area contributed by atoms with Crippen LogP contribution in [0.25, 0.3) is 5.69 Å². The molecule has 1 N–H and O–H groups in total. The maximum Gasteiger partial charge on any atom is 0.237 e. The number of halogens is 1. The first-order valence-electron chi connectivity index (χ1n) is 8.45. The fraction of sp³-hybridized carbons (Fsp3) is 0.263. The fourth-order valence-electron chi connectivity index (χ4n) is 2.84. The molecule has 1 heterocycles. The van der Waals surface area contributed by atoms with Crippen molar-refractivity contribution in [3.63, 3.8) is 0 Å². The van der Waals surface area contributed by atoms with Gasteiger partial charge in [0.1, 0.15) is 5.82 Å². The summed E-state index contributed by atoms with van der Waals surface area (Å²) in [6.45, 7) is 7.75. The van der Waals surface area contributed by atoms with Gasteiger partial charge in [-0.25, -0.2) is 4.39 Å². The Morgan fingerprint density at radius 1 is 1.19 bits per heavy atom. The Labute approximate surface area is 161 Å². The van der Waals surface area contributed by atoms with Gasteiger partial charge in [0, 0.05) is 5.69 Å². The number of anilines is 1. The molecule has 0 aliphatic carbocycles. The number of nitrogens with zero attached hydrogens (tertiary/aromatic N) is 4. The second-order valence-electron chi connectivity index (χ2n) is 6.38. The molecule has 0 fully saturated rings. The van der Waals surface area contributed by atoms with Crippen LogP contribution < -0.4 is 5.32 Å². The molecule has 0 aliphatic heterocycles. The highest BCUT2D eigenvalue weighted by molar-refractivity contribution is 8.00. The highest BCUT2D eigenvalue weighted by Gasteiger charge is 2.20. The molecule has 0 spiro atoms. The van der Waals surface area contributed by atoms with Gasteiger partial charge in [-0.15, -0.1) is 5.10 Å². The molecule has 0 radical (unpaired) electrons. The van der Waals surface area contributed by atoms with Crippen molar-refractivity contribution in [2.45, 2.75) is 38.1 Å². The summed E-state index contributed by atoms with van der Waals surface area (Å²) < 4.78 is 14.9. The van der Waals surface area contributed by atoms with E-state index in [2.05, 4.69) is 20.8 Å². The largest absolute Gasteiger partial charge is 0.325 e. The number of carbonyl (C=O) groups is 1. The third-order valence-electron chi connectivity index (χ3n) is 4.07. The van der Waals surface area contributed by atoms with Gasteiger partial charge in [-0.3, -0.25) is 4.79 Å². The van der Waals surface area contributed by atoms with E-state index in [-0.39, 0.29) is 11.7 Å². The van der Waals surface area contributed by atoms with E-state index in [4.69, 9.17) is 0 Å². The molecule has 0 saturated carbocycles. The van der Waals surface area contributed by atoms with Crippen molar-refractivity contribution in [3.8, 4) is 5.69 Å². The summed E-state index contributed by atoms with van der Waals surface area (Å²) >= 11 is 1.21. The van der Waals surface area contributed by atoms with Gasteiger partial charge in [0.05, 0.1) is 10.9 Å². The maximum absolute atomic E-state index is 13.5. The van der Waals surface area contributed by atoms with Crippen molar-refractivity contribution in [2.75, 3.05) is 5.32 Å². The molecule has 6 nitrogen and oxygen atoms in total. The van der Waals surface area contributed by atoms with E-state index < -0.39 is 5.25 Å². The number of rotatable bonds is 5. The molecule has 3 aromatic rings. The zero-order valence-corrected chi connectivity index (χ0v) is 16.3. The molecule has 8 heteroatoms. The molecule has 0 bridgehead atoms. The summed E-state index contributed by atoms with van der Waals surface area (Å²) in [5, 5.41) is 14.5. The van der Waals surface area contributed by atoms with Crippen LogP contribution in [0, 0.1) is 26.6 Å². The zero-order chi connectivity index (χ0) is 19.6. The van der Waals surface area contributed by atoms with Gasteiger partial charge in [0.2, 0.25) is 11.1 Å². The lowest BCUT2D eigenvalue weighted by molar-refractivity contribution is -0.115. The standard InChI is InChI=1S/C19H20FN5OS/c1-11-8-12(2)17(13(3)9-11)21-18(26)14(4)27-19-22-23-24-25(19)16-7-5-6-15(20)10-16/h5-10,14H,1-4H3,(H,21,26)/t14-/m0/s1. The minimum atomic E-state index is -0.441. The van der Waals surface area contributed by atoms with Crippen LogP contribution in [0.1, 0.15) is 23.6 Å². The average molecular weight is 385 g/mol. The number of hydrogen-bond donors (Lipinski definition) is 1. The Hall–Kier alpha value is -2.74. The number of thioether (sulfide) groups is 1. The Bertz CT molecular complexity index is 965. The predicted octanol–water partition coefficient (Wildman–Crippen LogP) is 3.85. The number of aromatic nitrogens is 4. The lowest BCUT2D eigenvalue weighted by Gasteiger charge is -2.16. The summed E-state index contributed by atoms with van der Waals surface area (Å²) in [5.74, 6) is -0.529. The highest BCUT2D eigenvalue weighted by atomic mass is 32.2. The van der Waals surface area contributed by atoms with E-state index >= 15 is 0 Å². The quantitative estimate of drug-likeness (QED) is 0.676. The van der Waals surface area contributed by atoms with Crippen molar-refractivity contribution < 1.29 is 9.18 Å². The molecule has 1 atom stereocenters. The second kappa shape index (κ2) is 7.87. The topological polar surface area (TPSA) is 72.7 Å². The minimum absolute atomic E-state index is 0.149. The van der Waals surface area contributed by atoms with Crippen molar-refractivity contribution in [1.29, 1.82) is 0 Å². The average Bonchev–Trinajstić information content (AvgIpc) is 3.06. The minimum Gasteiger partial charge on any atom is -0.325 e. The molecule has 0 aliphatic rings. The van der Waals surface area contributed by atoms with Gasteiger partial charge in [0.15, 0.2) is 0 Å². The van der Waals surface area contributed by atoms with Gasteiger partial charge < -0.3 is 5.32 Å². The first kappa shape index (κ1) is 19.0. The third-order valence-corrected chi connectivity index (χ3v) is 5.10. The van der Waals surface area contributed by atoms with Crippen molar-refractivity contribution in [1.82, 2.24) is 20.2 Å². The van der Waals surface area contributed by atoms with Crippen LogP contribution in [0.3, 0.4) is 0 Å². The number of nitrogens with one attached hydrogen (secondary N) is 1. The second-order valence-corrected chi connectivity index (χ2v) is 7.68. The summed E-state index contributed by atoms with van der Waals surface area (Å²) in [6, 6.07) is 10.0. The first-order chi connectivity index (χ1) is 12.8. The van der Waals surface area contributed by atoms with Gasteiger partial charge in [-0.1, -0.05) is 35.5 Å². The Balaban J connectivity index is 1.76. The van der Waals surface area contributed by atoms with E-state index in [1.807, 2.05) is 32.9 Å². The van der Waals surface area contributed by atoms with Crippen LogP contribution in [-0.2, 0) is 4.79 Å². The van der Waals surface area contributed by atoms with Crippen molar-refractivity contribution in [2.24, 2.45) is 0 Å². The van der Waals surface area contributed by atoms with Crippen LogP contribution in [-0.4, -0.2) is 31.4 Å². The molecule has 0 unspecified atom stereocenters. The molecule has 2 aromatic carbocycles. The Morgan fingerprint density at radius 2 is 1.89 bits per heavy atom. The summed E-state index contributed by atoms with van der Waals surface area (Å²) in [4.78, 5) is 12.7. The number of benzene rings is 2. The van der Waals surface area contributed by atoms with Crippen LogP contribution in [0.2, 0.25) is 0 Å². The molecule has 140 valence electrons. The predicted molar refractivity (Wildman–Crippen MR) is 104 cm³/mol. The Morgan fingerprint density at radius 3 is 2.56 bits per heavy atom. The molecule has 1 aromatic heterocycles. The number of hydrogen-bond acceptors (Lipinski definition) is 5. The SMILES string of the molecule is Cc1cc(C)c(NC(=O)[C@H](C)Sc2nnnn2-c2cccc(F)c2)c(C)c1. The molecule has 1 amide bonds. The number of tetrazole rings is 1. The molecule has 27 heavy (non-hydrogen) atoms. The summed E-state index contributed by atoms with van der Waals surface area (Å²) in [7, 11) is 0. The van der Waals surface area contributed by atoms with Crippen LogP contribution >= 0.6 is 11.8 Å². The van der Waals surface area contributed by atoms with E-state index in [0.717, 1.165) is 22.4 Å². The van der Waals surface area contributed by atoms with E-state index in [0.29, 0.717) is 10.8 Å². The fourth-order valence-corrected chi connectivity index (χ4v) is 3.64. The zero-order valence-electron chi connectivity index (χ0n) is 15.5. The normalized spacial score (nSPS) is 12.0. The molecular formula is C19H20FN5OS. The summed E-state index contributed by atoms with van der Waals surface area (Å²) in [6.07, 6.45) is 0. The van der Waals surface area contributed by atoms with Gasteiger partial charge in [0.25, 0.3) is 0 Å². The highest BCUT2D eigenvalue weighted by Crippen LogP contribution is 2.26. The summed E-state index contributed by atoms with van der Waals surface area (Å²) in [5.41, 5.74) is 4.51. The Kier molecular flexibility index (Phi) is 5.55. The van der Waals surface area contributed by atoms with E-state index in [1.54, 1.807) is 19.1 Å². The van der Waals surface area contributed by atoms with Crippen LogP contribution in [0.5, 0.6) is 0 Å². The molecule has 3 rings (SSSR count). The van der Waals surface area contributed by atoms with Crippen molar-refractivity contribution >= 4 is 23.4 Å². The van der Waals surface area contributed by atoms with Crippen LogP contribution in [0.4, 0.5) is 10.1 Å². The van der Waals surface area contributed by atoms with Gasteiger partial charge in [-0.2, -0.15) is 4.68 Å². The van der Waals surface area contributed by atoms with Gasteiger partial charge >= 0.3 is 0 Å². The number of amides is 1. The molecular weight excluding hydrogens is 365 g/mol. The monoisotopic (exact) mass is 385 g/mol. The number of aryl methyl sites for hydroxylation is 3. The first-order valence-corrected chi connectivity index (χ1v) is 9.33. The van der Waals surface area contributed by atoms with E-state index in [1.165, 1.54) is 28.6 Å². The van der Waals surface area contributed by atoms with Gasteiger partial charge in [-0.05, 0) is 67.4 Å². The molecule has 0 saturated heterocycles. The third kappa shape index (κ3) is 4.33. The maximum atomic E-state index is 13.5.